The van der Waals surface area contributed by atoms with Crippen molar-refractivity contribution in [3.05, 3.63) is 32.6 Å². The van der Waals surface area contributed by atoms with Gasteiger partial charge in [0.05, 0.1) is 6.20 Å². The van der Waals surface area contributed by atoms with Gasteiger partial charge in [0, 0.05) is 23.6 Å². The summed E-state index contributed by atoms with van der Waals surface area (Å²) in [5.74, 6) is 0.450. The van der Waals surface area contributed by atoms with Crippen LogP contribution >= 0.6 is 27.3 Å². The van der Waals surface area contributed by atoms with Crippen molar-refractivity contribution in [3.63, 3.8) is 0 Å². The molecule has 0 saturated heterocycles. The summed E-state index contributed by atoms with van der Waals surface area (Å²) in [5.41, 5.74) is 6.59. The number of nitrogens with two attached hydrogens (primary N) is 1. The van der Waals surface area contributed by atoms with Gasteiger partial charge in [-0.05, 0) is 27.4 Å². The fourth-order valence-corrected chi connectivity index (χ4v) is 2.81. The molecule has 7 heteroatoms. The number of thiophene rings is 1. The molecular formula is C10H11BrN4OS. The number of rotatable bonds is 3. The Bertz CT molecular complexity index is 548. The molecule has 0 unspecified atom stereocenters. The summed E-state index contributed by atoms with van der Waals surface area (Å²) in [4.78, 5) is 12.5. The third-order valence-electron chi connectivity index (χ3n) is 2.33. The summed E-state index contributed by atoms with van der Waals surface area (Å²) >= 11 is 4.71. The summed E-state index contributed by atoms with van der Waals surface area (Å²) in [6, 6.07) is 1.85. The first kappa shape index (κ1) is 12.1. The molecule has 0 spiro atoms. The van der Waals surface area contributed by atoms with Crippen LogP contribution in [0.3, 0.4) is 0 Å². The van der Waals surface area contributed by atoms with Crippen molar-refractivity contribution in [3.8, 4) is 0 Å². The normalized spacial score (nSPS) is 10.5. The number of nitrogens with zero attached hydrogens (tertiary/aromatic N) is 2. The highest BCUT2D eigenvalue weighted by Gasteiger charge is 2.12. The number of aromatic nitrogens is 2. The van der Waals surface area contributed by atoms with Gasteiger partial charge >= 0.3 is 0 Å². The fourth-order valence-electron chi connectivity index (χ4n) is 1.34. The molecule has 0 fully saturated rings. The fraction of sp³-hybridized carbons (Fsp3) is 0.200. The summed E-state index contributed by atoms with van der Waals surface area (Å²) in [6.07, 6.45) is 1.65. The number of carbonyl (C=O) groups is 1. The number of anilines is 1. The Balaban J connectivity index is 2.02. The van der Waals surface area contributed by atoms with Gasteiger partial charge in [0.1, 0.15) is 10.7 Å². The van der Waals surface area contributed by atoms with E-state index in [1.807, 2.05) is 11.4 Å². The average Bonchev–Trinajstić information content (AvgIpc) is 2.85. The molecule has 2 rings (SSSR count). The van der Waals surface area contributed by atoms with E-state index in [4.69, 9.17) is 5.73 Å². The molecule has 5 nitrogen and oxygen atoms in total. The second-order valence-electron chi connectivity index (χ2n) is 3.46. The number of nitrogens with one attached hydrogen (secondary N) is 1. The van der Waals surface area contributed by atoms with E-state index in [2.05, 4.69) is 26.3 Å². The molecule has 2 aromatic heterocycles. The molecular weight excluding hydrogens is 304 g/mol. The molecule has 0 aliphatic rings. The van der Waals surface area contributed by atoms with Gasteiger partial charge in [-0.15, -0.1) is 11.3 Å². The number of nitrogen functional groups attached to an aromatic ring is 1. The van der Waals surface area contributed by atoms with Crippen molar-refractivity contribution in [2.24, 2.45) is 7.05 Å². The molecule has 1 amide bonds. The molecule has 17 heavy (non-hydrogen) atoms. The van der Waals surface area contributed by atoms with Gasteiger partial charge < -0.3 is 11.1 Å². The largest absolute Gasteiger partial charge is 0.384 e. The van der Waals surface area contributed by atoms with Crippen LogP contribution in [0, 0.1) is 0 Å². The molecule has 0 bridgehead atoms. The van der Waals surface area contributed by atoms with Gasteiger partial charge in [-0.25, -0.2) is 0 Å². The second-order valence-corrected chi connectivity index (χ2v) is 5.23. The quantitative estimate of drug-likeness (QED) is 0.906. The lowest BCUT2D eigenvalue weighted by Crippen LogP contribution is -2.22. The molecule has 2 heterocycles. The third-order valence-corrected chi connectivity index (χ3v) is 4.16. The van der Waals surface area contributed by atoms with Gasteiger partial charge in [0.2, 0.25) is 0 Å². The minimum Gasteiger partial charge on any atom is -0.384 e. The lowest BCUT2D eigenvalue weighted by Gasteiger charge is -2.03. The van der Waals surface area contributed by atoms with E-state index < -0.39 is 0 Å². The number of aryl methyl sites for hydroxylation is 1. The minimum atomic E-state index is -0.116. The van der Waals surface area contributed by atoms with Crippen LogP contribution in [-0.4, -0.2) is 15.7 Å². The van der Waals surface area contributed by atoms with E-state index in [-0.39, 0.29) is 5.91 Å². The molecule has 0 aromatic carbocycles. The van der Waals surface area contributed by atoms with E-state index >= 15 is 0 Å². The number of carbonyl (C=O) groups excluding carboxylic acids is 1. The highest BCUT2D eigenvalue weighted by atomic mass is 79.9. The Morgan fingerprint density at radius 1 is 1.71 bits per heavy atom. The van der Waals surface area contributed by atoms with Crippen LogP contribution in [0.1, 0.15) is 15.2 Å². The highest BCUT2D eigenvalue weighted by molar-refractivity contribution is 9.10. The molecule has 2 aromatic rings. The van der Waals surface area contributed by atoms with E-state index in [1.54, 1.807) is 17.9 Å². The maximum Gasteiger partial charge on any atom is 0.262 e. The van der Waals surface area contributed by atoms with Crippen molar-refractivity contribution in [1.82, 2.24) is 15.1 Å². The molecule has 0 aliphatic carbocycles. The standard InChI is InChI=1S/C10H11BrN4OS/c1-15-9(12)6(5-14-15)4-13-10(16)8-7(11)2-3-17-8/h2-3,5H,4,12H2,1H3,(H,13,16). The Kier molecular flexibility index (Phi) is 3.49. The third kappa shape index (κ3) is 2.50. The van der Waals surface area contributed by atoms with Gasteiger partial charge in [0.25, 0.3) is 5.91 Å². The summed E-state index contributed by atoms with van der Waals surface area (Å²) in [5, 5.41) is 8.67. The summed E-state index contributed by atoms with van der Waals surface area (Å²) < 4.78 is 2.38. The van der Waals surface area contributed by atoms with Crippen molar-refractivity contribution < 1.29 is 4.79 Å². The summed E-state index contributed by atoms with van der Waals surface area (Å²) in [7, 11) is 1.76. The lowest BCUT2D eigenvalue weighted by atomic mass is 10.3. The maximum absolute atomic E-state index is 11.8. The van der Waals surface area contributed by atoms with Gasteiger partial charge in [0.15, 0.2) is 0 Å². The van der Waals surface area contributed by atoms with Crippen molar-refractivity contribution in [2.75, 3.05) is 5.73 Å². The van der Waals surface area contributed by atoms with Crippen molar-refractivity contribution in [2.45, 2.75) is 6.54 Å². The van der Waals surface area contributed by atoms with Gasteiger partial charge in [-0.1, -0.05) is 0 Å². The minimum absolute atomic E-state index is 0.116. The monoisotopic (exact) mass is 314 g/mol. The number of hydrogen-bond donors (Lipinski definition) is 2. The zero-order valence-electron chi connectivity index (χ0n) is 9.11. The van der Waals surface area contributed by atoms with Crippen molar-refractivity contribution in [1.29, 1.82) is 0 Å². The highest BCUT2D eigenvalue weighted by Crippen LogP contribution is 2.22. The van der Waals surface area contributed by atoms with Crippen molar-refractivity contribution >= 4 is 39.0 Å². The average molecular weight is 315 g/mol. The Hall–Kier alpha value is -1.34. The number of amides is 1. The second kappa shape index (κ2) is 4.89. The van der Waals surface area contributed by atoms with Gasteiger partial charge in [-0.3, -0.25) is 9.48 Å². The Labute approximate surface area is 111 Å². The molecule has 0 aliphatic heterocycles. The van der Waals surface area contributed by atoms with Crippen LogP contribution in [0.5, 0.6) is 0 Å². The maximum atomic E-state index is 11.8. The first-order chi connectivity index (χ1) is 8.09. The van der Waals surface area contributed by atoms with Crippen LogP contribution in [0.4, 0.5) is 5.82 Å². The smallest absolute Gasteiger partial charge is 0.262 e. The van der Waals surface area contributed by atoms with Crippen LogP contribution in [0.15, 0.2) is 22.1 Å². The summed E-state index contributed by atoms with van der Waals surface area (Å²) in [6.45, 7) is 0.378. The zero-order chi connectivity index (χ0) is 12.4. The number of halogens is 1. The van der Waals surface area contributed by atoms with Crippen LogP contribution in [0.25, 0.3) is 0 Å². The van der Waals surface area contributed by atoms with E-state index in [9.17, 15) is 4.79 Å². The molecule has 3 N–H and O–H groups in total. The Morgan fingerprint density at radius 3 is 3.00 bits per heavy atom. The predicted octanol–water partition coefficient (Wildman–Crippen LogP) is 1.76. The van der Waals surface area contributed by atoms with Crippen LogP contribution < -0.4 is 11.1 Å². The molecule has 0 radical (unpaired) electrons. The zero-order valence-corrected chi connectivity index (χ0v) is 11.5. The Morgan fingerprint density at radius 2 is 2.47 bits per heavy atom. The van der Waals surface area contributed by atoms with Crippen LogP contribution in [-0.2, 0) is 13.6 Å². The predicted molar refractivity (Wildman–Crippen MR) is 70.8 cm³/mol. The molecule has 90 valence electrons. The van der Waals surface area contributed by atoms with Gasteiger partial charge in [-0.2, -0.15) is 5.10 Å². The first-order valence-corrected chi connectivity index (χ1v) is 6.54. The topological polar surface area (TPSA) is 72.9 Å². The van der Waals surface area contributed by atoms with E-state index in [0.717, 1.165) is 10.0 Å². The first-order valence-electron chi connectivity index (χ1n) is 4.87. The molecule has 0 saturated carbocycles. The number of hydrogen-bond acceptors (Lipinski definition) is 4. The van der Waals surface area contributed by atoms with Crippen LogP contribution in [0.2, 0.25) is 0 Å². The SMILES string of the molecule is Cn1ncc(CNC(=O)c2sccc2Br)c1N. The van der Waals surface area contributed by atoms with E-state index in [1.165, 1.54) is 11.3 Å². The molecule has 0 atom stereocenters. The van der Waals surface area contributed by atoms with E-state index in [0.29, 0.717) is 17.2 Å². The lowest BCUT2D eigenvalue weighted by molar-refractivity contribution is 0.0954.